The molecule has 8 heteroatoms. The van der Waals surface area contributed by atoms with E-state index in [1.54, 1.807) is 14.2 Å². The van der Waals surface area contributed by atoms with E-state index < -0.39 is 6.03 Å². The van der Waals surface area contributed by atoms with E-state index in [2.05, 4.69) is 23.6 Å². The summed E-state index contributed by atoms with van der Waals surface area (Å²) in [6.45, 7) is 8.61. The fourth-order valence-corrected chi connectivity index (χ4v) is 3.49. The lowest BCUT2D eigenvalue weighted by molar-refractivity contribution is -1.02. The van der Waals surface area contributed by atoms with Gasteiger partial charge in [-0.3, -0.25) is 10.1 Å². The summed E-state index contributed by atoms with van der Waals surface area (Å²) in [7, 11) is 4.79. The maximum atomic E-state index is 12.1. The molecule has 0 bridgehead atoms. The van der Waals surface area contributed by atoms with Crippen LogP contribution in [0.25, 0.3) is 0 Å². The molecule has 1 saturated heterocycles. The molecule has 8 nitrogen and oxygen atoms in total. The fraction of sp³-hybridized carbons (Fsp3) is 0.579. The number of carbonyl (C=O) groups excluding carboxylic acids is 2. The van der Waals surface area contributed by atoms with Gasteiger partial charge >= 0.3 is 6.03 Å². The third-order valence-electron chi connectivity index (χ3n) is 5.35. The zero-order chi connectivity index (χ0) is 20.0. The SMILES string of the molecule is CNC(=O)NC(=O)[C@H](C)[NH+]1CC[NH+](Cc2cc(OC)c(OC)cc2C)CC1. The molecule has 2 rings (SSSR count). The van der Waals surface area contributed by atoms with Crippen LogP contribution in [0.1, 0.15) is 18.1 Å². The number of benzene rings is 1. The maximum absolute atomic E-state index is 12.1. The Hall–Kier alpha value is -2.32. The highest BCUT2D eigenvalue weighted by Crippen LogP contribution is 2.29. The van der Waals surface area contributed by atoms with Gasteiger partial charge in [0.15, 0.2) is 17.5 Å². The summed E-state index contributed by atoms with van der Waals surface area (Å²) in [6.07, 6.45) is 0. The van der Waals surface area contributed by atoms with Gasteiger partial charge in [-0.25, -0.2) is 4.79 Å². The maximum Gasteiger partial charge on any atom is 0.321 e. The van der Waals surface area contributed by atoms with Gasteiger partial charge in [-0.05, 0) is 31.5 Å². The molecule has 1 heterocycles. The summed E-state index contributed by atoms with van der Waals surface area (Å²) < 4.78 is 10.8. The van der Waals surface area contributed by atoms with Crippen molar-refractivity contribution in [3.8, 4) is 11.5 Å². The molecule has 0 radical (unpaired) electrons. The van der Waals surface area contributed by atoms with E-state index in [9.17, 15) is 9.59 Å². The molecule has 3 amide bonds. The average Bonchev–Trinajstić information content (AvgIpc) is 2.68. The normalized spacial score (nSPS) is 20.5. The molecule has 1 aromatic carbocycles. The lowest BCUT2D eigenvalue weighted by Gasteiger charge is -2.32. The number of hydrogen-bond donors (Lipinski definition) is 4. The van der Waals surface area contributed by atoms with Crippen LogP contribution in [-0.2, 0) is 11.3 Å². The highest BCUT2D eigenvalue weighted by Gasteiger charge is 2.31. The minimum Gasteiger partial charge on any atom is -0.493 e. The van der Waals surface area contributed by atoms with Gasteiger partial charge in [0.05, 0.1) is 14.2 Å². The van der Waals surface area contributed by atoms with Crippen molar-refractivity contribution in [1.29, 1.82) is 0 Å². The molecular formula is C19H32N4O4+2. The first-order chi connectivity index (χ1) is 12.9. The topological polar surface area (TPSA) is 85.5 Å². The molecule has 0 aliphatic carbocycles. The molecule has 4 N–H and O–H groups in total. The van der Waals surface area contributed by atoms with Crippen molar-refractivity contribution in [2.75, 3.05) is 47.4 Å². The van der Waals surface area contributed by atoms with Crippen LogP contribution in [0.15, 0.2) is 12.1 Å². The number of amides is 3. The lowest BCUT2D eigenvalue weighted by atomic mass is 10.1. The lowest BCUT2D eigenvalue weighted by Crippen LogP contribution is -3.29. The third-order valence-corrected chi connectivity index (χ3v) is 5.35. The number of aryl methyl sites for hydroxylation is 1. The molecule has 0 unspecified atom stereocenters. The second-order valence-corrected chi connectivity index (χ2v) is 7.01. The van der Waals surface area contributed by atoms with Crippen molar-refractivity contribution in [1.82, 2.24) is 10.6 Å². The summed E-state index contributed by atoms with van der Waals surface area (Å²) >= 11 is 0. The molecule has 0 aromatic heterocycles. The van der Waals surface area contributed by atoms with E-state index in [0.29, 0.717) is 0 Å². The molecule has 1 aliphatic heterocycles. The van der Waals surface area contributed by atoms with Crippen LogP contribution in [0.5, 0.6) is 11.5 Å². The van der Waals surface area contributed by atoms with Gasteiger partial charge in [0.2, 0.25) is 0 Å². The Labute approximate surface area is 160 Å². The minimum absolute atomic E-state index is 0.233. The van der Waals surface area contributed by atoms with Crippen molar-refractivity contribution < 1.29 is 28.9 Å². The number of carbonyl (C=O) groups is 2. The Morgan fingerprint density at radius 2 is 1.70 bits per heavy atom. The van der Waals surface area contributed by atoms with E-state index in [4.69, 9.17) is 9.47 Å². The van der Waals surface area contributed by atoms with Gasteiger partial charge in [0, 0.05) is 12.6 Å². The smallest absolute Gasteiger partial charge is 0.321 e. The monoisotopic (exact) mass is 380 g/mol. The zero-order valence-corrected chi connectivity index (χ0v) is 16.9. The van der Waals surface area contributed by atoms with Crippen LogP contribution in [0.2, 0.25) is 0 Å². The number of urea groups is 1. The van der Waals surface area contributed by atoms with Crippen molar-refractivity contribution in [2.24, 2.45) is 0 Å². The predicted molar refractivity (Wildman–Crippen MR) is 101 cm³/mol. The van der Waals surface area contributed by atoms with Gasteiger partial charge in [-0.15, -0.1) is 0 Å². The summed E-state index contributed by atoms with van der Waals surface area (Å²) in [6, 6.07) is 3.37. The third kappa shape index (κ3) is 5.33. The summed E-state index contributed by atoms with van der Waals surface area (Å²) in [5, 5.41) is 4.77. The number of quaternary nitrogens is 2. The van der Waals surface area contributed by atoms with Gasteiger partial charge in [0.25, 0.3) is 5.91 Å². The summed E-state index contributed by atoms with van der Waals surface area (Å²) in [5.41, 5.74) is 2.43. The number of imide groups is 1. The Morgan fingerprint density at radius 1 is 1.11 bits per heavy atom. The Bertz CT molecular complexity index is 672. The van der Waals surface area contributed by atoms with Crippen molar-refractivity contribution in [3.63, 3.8) is 0 Å². The molecule has 27 heavy (non-hydrogen) atoms. The van der Waals surface area contributed by atoms with E-state index in [1.807, 2.05) is 13.0 Å². The first-order valence-electron chi connectivity index (χ1n) is 9.31. The average molecular weight is 380 g/mol. The molecule has 150 valence electrons. The van der Waals surface area contributed by atoms with Gasteiger partial charge in [-0.2, -0.15) is 0 Å². The van der Waals surface area contributed by atoms with E-state index in [1.165, 1.54) is 28.0 Å². The minimum atomic E-state index is -0.459. The van der Waals surface area contributed by atoms with Crippen molar-refractivity contribution >= 4 is 11.9 Å². The van der Waals surface area contributed by atoms with Crippen LogP contribution in [0.4, 0.5) is 4.79 Å². The summed E-state index contributed by atoms with van der Waals surface area (Å²) in [4.78, 5) is 26.1. The van der Waals surface area contributed by atoms with E-state index in [0.717, 1.165) is 44.2 Å². The number of rotatable bonds is 6. The van der Waals surface area contributed by atoms with E-state index in [-0.39, 0.29) is 11.9 Å². The first kappa shape index (κ1) is 21.0. The predicted octanol–water partition coefficient (Wildman–Crippen LogP) is -1.86. The quantitative estimate of drug-likeness (QED) is 0.466. The second kappa shape index (κ2) is 9.57. The molecule has 1 aliphatic rings. The van der Waals surface area contributed by atoms with E-state index >= 15 is 0 Å². The van der Waals surface area contributed by atoms with Crippen LogP contribution >= 0.6 is 0 Å². The highest BCUT2D eigenvalue weighted by molar-refractivity contribution is 5.96. The zero-order valence-electron chi connectivity index (χ0n) is 16.9. The van der Waals surface area contributed by atoms with Crippen LogP contribution < -0.4 is 29.9 Å². The number of hydrogen-bond acceptors (Lipinski definition) is 4. The highest BCUT2D eigenvalue weighted by atomic mass is 16.5. The van der Waals surface area contributed by atoms with Gasteiger partial charge < -0.3 is 24.6 Å². The van der Waals surface area contributed by atoms with Crippen LogP contribution in [0.3, 0.4) is 0 Å². The molecule has 1 aromatic rings. The first-order valence-corrected chi connectivity index (χ1v) is 9.31. The molecule has 0 spiro atoms. The Balaban J connectivity index is 1.93. The Morgan fingerprint density at radius 3 is 2.26 bits per heavy atom. The van der Waals surface area contributed by atoms with Gasteiger partial charge in [0.1, 0.15) is 32.7 Å². The molecule has 1 fully saturated rings. The number of ether oxygens (including phenoxy) is 2. The fourth-order valence-electron chi connectivity index (χ4n) is 3.49. The number of piperazine rings is 1. The molecular weight excluding hydrogens is 348 g/mol. The second-order valence-electron chi connectivity index (χ2n) is 7.01. The standard InChI is InChI=1S/C19H30N4O4/c1-13-10-16(26-4)17(27-5)11-15(13)12-22-6-8-23(9-7-22)14(2)18(24)21-19(25)20-3/h10-11,14H,6-9,12H2,1-5H3,(H2,20,21,24,25)/p+2/t14-/m0/s1. The summed E-state index contributed by atoms with van der Waals surface area (Å²) in [5.74, 6) is 1.27. The van der Waals surface area contributed by atoms with Crippen molar-refractivity contribution in [3.05, 3.63) is 23.3 Å². The number of nitrogens with one attached hydrogen (secondary N) is 4. The Kier molecular flexibility index (Phi) is 7.44. The molecule has 1 atom stereocenters. The van der Waals surface area contributed by atoms with Gasteiger partial charge in [-0.1, -0.05) is 0 Å². The molecule has 0 saturated carbocycles. The van der Waals surface area contributed by atoms with Crippen molar-refractivity contribution in [2.45, 2.75) is 26.4 Å². The largest absolute Gasteiger partial charge is 0.493 e. The van der Waals surface area contributed by atoms with Crippen LogP contribution in [-0.4, -0.2) is 65.4 Å². The van der Waals surface area contributed by atoms with Crippen LogP contribution in [0, 0.1) is 6.92 Å². The number of methoxy groups -OCH3 is 2.